The van der Waals surface area contributed by atoms with Gasteiger partial charge in [0.1, 0.15) is 5.75 Å². The molecule has 0 aromatic heterocycles. The van der Waals surface area contributed by atoms with Crippen molar-refractivity contribution < 1.29 is 23.8 Å². The molecule has 0 saturated carbocycles. The fraction of sp³-hybridized carbons (Fsp3) is 0.263. The van der Waals surface area contributed by atoms with Crippen molar-refractivity contribution in [2.75, 3.05) is 14.2 Å². The number of benzene rings is 2. The standard InChI is InChI=1S/C19H22N2O5/c1-12(2)26-16-10-7-14(11-17(16)25-4)19(23)21-20-18(22)13-5-8-15(24-3)9-6-13/h5-12H,1-4H3,(H,20,22)(H,21,23). The van der Waals surface area contributed by atoms with E-state index in [1.54, 1.807) is 49.6 Å². The Balaban J connectivity index is 2.01. The van der Waals surface area contributed by atoms with Crippen LogP contribution in [0.25, 0.3) is 0 Å². The van der Waals surface area contributed by atoms with E-state index in [4.69, 9.17) is 14.2 Å². The second-order valence-electron chi connectivity index (χ2n) is 5.67. The molecule has 26 heavy (non-hydrogen) atoms. The number of rotatable bonds is 6. The zero-order chi connectivity index (χ0) is 19.1. The van der Waals surface area contributed by atoms with Crippen molar-refractivity contribution in [3.63, 3.8) is 0 Å². The molecule has 0 fully saturated rings. The number of methoxy groups -OCH3 is 2. The molecule has 0 saturated heterocycles. The number of nitrogens with one attached hydrogen (secondary N) is 2. The van der Waals surface area contributed by atoms with E-state index >= 15 is 0 Å². The highest BCUT2D eigenvalue weighted by atomic mass is 16.5. The molecule has 0 aliphatic carbocycles. The molecular formula is C19H22N2O5. The molecular weight excluding hydrogens is 336 g/mol. The predicted molar refractivity (Wildman–Crippen MR) is 96.7 cm³/mol. The van der Waals surface area contributed by atoms with Gasteiger partial charge in [-0.1, -0.05) is 0 Å². The van der Waals surface area contributed by atoms with Gasteiger partial charge in [0.05, 0.1) is 20.3 Å². The van der Waals surface area contributed by atoms with Crippen LogP contribution in [-0.4, -0.2) is 32.1 Å². The van der Waals surface area contributed by atoms with Crippen molar-refractivity contribution in [1.29, 1.82) is 0 Å². The van der Waals surface area contributed by atoms with E-state index in [-0.39, 0.29) is 6.10 Å². The zero-order valence-electron chi connectivity index (χ0n) is 15.2. The number of hydrogen-bond donors (Lipinski definition) is 2. The summed E-state index contributed by atoms with van der Waals surface area (Å²) in [5, 5.41) is 0. The van der Waals surface area contributed by atoms with E-state index in [0.717, 1.165) is 0 Å². The predicted octanol–water partition coefficient (Wildman–Crippen LogP) is 2.57. The van der Waals surface area contributed by atoms with Crippen molar-refractivity contribution in [3.05, 3.63) is 53.6 Å². The van der Waals surface area contributed by atoms with Gasteiger partial charge in [0.15, 0.2) is 11.5 Å². The number of carbonyl (C=O) groups is 2. The fourth-order valence-corrected chi connectivity index (χ4v) is 2.16. The molecule has 0 bridgehead atoms. The Morgan fingerprint density at radius 3 is 1.92 bits per heavy atom. The molecule has 2 N–H and O–H groups in total. The normalized spacial score (nSPS) is 10.2. The monoisotopic (exact) mass is 358 g/mol. The molecule has 2 aromatic rings. The number of carbonyl (C=O) groups excluding carboxylic acids is 2. The van der Waals surface area contributed by atoms with Crippen LogP contribution in [0.5, 0.6) is 17.2 Å². The van der Waals surface area contributed by atoms with Gasteiger partial charge in [0.25, 0.3) is 11.8 Å². The number of hydrogen-bond acceptors (Lipinski definition) is 5. The molecule has 2 amide bonds. The molecule has 0 radical (unpaired) electrons. The number of ether oxygens (including phenoxy) is 3. The van der Waals surface area contributed by atoms with Crippen LogP contribution in [0.2, 0.25) is 0 Å². The summed E-state index contributed by atoms with van der Waals surface area (Å²) >= 11 is 0. The van der Waals surface area contributed by atoms with Crippen LogP contribution in [-0.2, 0) is 0 Å². The van der Waals surface area contributed by atoms with Crippen molar-refractivity contribution in [1.82, 2.24) is 10.9 Å². The highest BCUT2D eigenvalue weighted by Crippen LogP contribution is 2.28. The van der Waals surface area contributed by atoms with Crippen molar-refractivity contribution >= 4 is 11.8 Å². The van der Waals surface area contributed by atoms with E-state index in [1.165, 1.54) is 7.11 Å². The van der Waals surface area contributed by atoms with Crippen LogP contribution >= 0.6 is 0 Å². The topological polar surface area (TPSA) is 85.9 Å². The second kappa shape index (κ2) is 8.75. The number of hydrazine groups is 1. The van der Waals surface area contributed by atoms with Gasteiger partial charge in [-0.05, 0) is 56.3 Å². The van der Waals surface area contributed by atoms with Crippen LogP contribution < -0.4 is 25.1 Å². The lowest BCUT2D eigenvalue weighted by atomic mass is 10.2. The summed E-state index contributed by atoms with van der Waals surface area (Å²) in [7, 11) is 3.04. The first kappa shape index (κ1) is 19.1. The maximum Gasteiger partial charge on any atom is 0.269 e. The summed E-state index contributed by atoms with van der Waals surface area (Å²) in [5.41, 5.74) is 5.46. The minimum absolute atomic E-state index is 0.0210. The molecule has 0 heterocycles. The average molecular weight is 358 g/mol. The number of amides is 2. The average Bonchev–Trinajstić information content (AvgIpc) is 2.65. The third-order valence-electron chi connectivity index (χ3n) is 3.43. The lowest BCUT2D eigenvalue weighted by Crippen LogP contribution is -2.41. The Morgan fingerprint density at radius 1 is 0.808 bits per heavy atom. The molecule has 0 aliphatic heterocycles. The van der Waals surface area contributed by atoms with Crippen LogP contribution in [0.15, 0.2) is 42.5 Å². The highest BCUT2D eigenvalue weighted by molar-refractivity contribution is 5.99. The lowest BCUT2D eigenvalue weighted by molar-refractivity contribution is 0.0846. The molecule has 138 valence electrons. The summed E-state index contributed by atoms with van der Waals surface area (Å²) in [6, 6.07) is 11.3. The lowest BCUT2D eigenvalue weighted by Gasteiger charge is -2.14. The van der Waals surface area contributed by atoms with Crippen molar-refractivity contribution in [2.24, 2.45) is 0 Å². The van der Waals surface area contributed by atoms with E-state index in [0.29, 0.717) is 28.4 Å². The first-order valence-corrected chi connectivity index (χ1v) is 8.04. The molecule has 7 nitrogen and oxygen atoms in total. The van der Waals surface area contributed by atoms with E-state index in [1.807, 2.05) is 13.8 Å². The molecule has 0 aliphatic rings. The van der Waals surface area contributed by atoms with E-state index in [2.05, 4.69) is 10.9 Å². The highest BCUT2D eigenvalue weighted by Gasteiger charge is 2.13. The van der Waals surface area contributed by atoms with E-state index < -0.39 is 11.8 Å². The molecule has 7 heteroatoms. The summed E-state index contributed by atoms with van der Waals surface area (Å²) < 4.78 is 15.9. The summed E-state index contributed by atoms with van der Waals surface area (Å²) in [6.07, 6.45) is -0.0210. The van der Waals surface area contributed by atoms with Gasteiger partial charge in [-0.15, -0.1) is 0 Å². The van der Waals surface area contributed by atoms with Crippen LogP contribution in [0.1, 0.15) is 34.6 Å². The largest absolute Gasteiger partial charge is 0.497 e. The summed E-state index contributed by atoms with van der Waals surface area (Å²) in [6.45, 7) is 3.80. The van der Waals surface area contributed by atoms with Gasteiger partial charge in [0.2, 0.25) is 0 Å². The Morgan fingerprint density at radius 2 is 1.38 bits per heavy atom. The third kappa shape index (κ3) is 4.89. The van der Waals surface area contributed by atoms with E-state index in [9.17, 15) is 9.59 Å². The maximum atomic E-state index is 12.2. The molecule has 0 spiro atoms. The van der Waals surface area contributed by atoms with Gasteiger partial charge in [-0.25, -0.2) is 0 Å². The molecule has 2 rings (SSSR count). The smallest absolute Gasteiger partial charge is 0.269 e. The SMILES string of the molecule is COc1ccc(C(=O)NNC(=O)c2ccc(OC(C)C)c(OC)c2)cc1. The summed E-state index contributed by atoms with van der Waals surface area (Å²) in [5.74, 6) is 0.713. The van der Waals surface area contributed by atoms with Crippen molar-refractivity contribution in [2.45, 2.75) is 20.0 Å². The first-order chi connectivity index (χ1) is 12.4. The van der Waals surface area contributed by atoms with Gasteiger partial charge in [-0.3, -0.25) is 20.4 Å². The third-order valence-corrected chi connectivity index (χ3v) is 3.43. The molecule has 2 aromatic carbocycles. The van der Waals surface area contributed by atoms with Gasteiger partial charge >= 0.3 is 0 Å². The second-order valence-corrected chi connectivity index (χ2v) is 5.67. The van der Waals surface area contributed by atoms with Crippen LogP contribution in [0, 0.1) is 0 Å². The summed E-state index contributed by atoms with van der Waals surface area (Å²) in [4.78, 5) is 24.3. The maximum absolute atomic E-state index is 12.2. The zero-order valence-corrected chi connectivity index (χ0v) is 15.2. The molecule has 0 atom stereocenters. The minimum Gasteiger partial charge on any atom is -0.497 e. The fourth-order valence-electron chi connectivity index (χ4n) is 2.16. The minimum atomic E-state index is -0.471. The van der Waals surface area contributed by atoms with Crippen LogP contribution in [0.3, 0.4) is 0 Å². The Hall–Kier alpha value is -3.22. The Labute approximate surface area is 152 Å². The van der Waals surface area contributed by atoms with Crippen LogP contribution in [0.4, 0.5) is 0 Å². The Bertz CT molecular complexity index is 772. The first-order valence-electron chi connectivity index (χ1n) is 8.04. The van der Waals surface area contributed by atoms with Crippen molar-refractivity contribution in [3.8, 4) is 17.2 Å². The van der Waals surface area contributed by atoms with Gasteiger partial charge < -0.3 is 14.2 Å². The van der Waals surface area contributed by atoms with Gasteiger partial charge in [-0.2, -0.15) is 0 Å². The van der Waals surface area contributed by atoms with Gasteiger partial charge in [0, 0.05) is 11.1 Å². The Kier molecular flexibility index (Phi) is 6.43. The molecule has 0 unspecified atom stereocenters. The quantitative estimate of drug-likeness (QED) is 0.775.